The number of benzene rings is 2. The zero-order chi connectivity index (χ0) is 14.9. The highest BCUT2D eigenvalue weighted by Crippen LogP contribution is 2.42. The first-order valence-electron chi connectivity index (χ1n) is 7.69. The maximum absolute atomic E-state index is 13.3. The largest absolute Gasteiger partial charge is 0.321 e. The van der Waals surface area contributed by atoms with Gasteiger partial charge in [0.15, 0.2) is 0 Å². The van der Waals surface area contributed by atoms with Gasteiger partial charge in [-0.2, -0.15) is 0 Å². The van der Waals surface area contributed by atoms with Gasteiger partial charge in [0.05, 0.1) is 0 Å². The van der Waals surface area contributed by atoms with Gasteiger partial charge in [0.2, 0.25) is 0 Å². The zero-order valence-electron chi connectivity index (χ0n) is 12.5. The third-order valence-corrected chi connectivity index (χ3v) is 4.87. The lowest BCUT2D eigenvalue weighted by molar-refractivity contribution is 0.275. The van der Waals surface area contributed by atoms with Crippen LogP contribution in [0.15, 0.2) is 48.5 Å². The molecule has 1 aliphatic carbocycles. The van der Waals surface area contributed by atoms with Crippen molar-refractivity contribution in [1.82, 2.24) is 0 Å². The van der Waals surface area contributed by atoms with Crippen molar-refractivity contribution in [2.75, 3.05) is 0 Å². The van der Waals surface area contributed by atoms with E-state index in [9.17, 15) is 4.39 Å². The van der Waals surface area contributed by atoms with Gasteiger partial charge in [-0.25, -0.2) is 4.39 Å². The summed E-state index contributed by atoms with van der Waals surface area (Å²) in [6.07, 6.45) is 4.10. The number of halogens is 1. The van der Waals surface area contributed by atoms with Crippen LogP contribution in [0.3, 0.4) is 0 Å². The minimum atomic E-state index is -0.303. The average molecular weight is 283 g/mol. The summed E-state index contributed by atoms with van der Waals surface area (Å²) in [4.78, 5) is 0. The third-order valence-electron chi connectivity index (χ3n) is 4.87. The molecule has 0 saturated heterocycles. The molecule has 3 rings (SSSR count). The van der Waals surface area contributed by atoms with Crippen molar-refractivity contribution < 1.29 is 4.39 Å². The predicted octanol–water partition coefficient (Wildman–Crippen LogP) is 4.65. The lowest BCUT2D eigenvalue weighted by Crippen LogP contribution is -2.40. The molecular weight excluding hydrogens is 261 g/mol. The number of nitrogens with two attached hydrogens (primary N) is 1. The Balaban J connectivity index is 1.78. The van der Waals surface area contributed by atoms with Crippen LogP contribution in [-0.2, 0) is 5.54 Å². The van der Waals surface area contributed by atoms with Crippen LogP contribution >= 0.6 is 0 Å². The Hall–Kier alpha value is -1.67. The molecule has 0 amide bonds. The second-order valence-corrected chi connectivity index (χ2v) is 6.30. The molecule has 2 aromatic carbocycles. The minimum absolute atomic E-state index is 0.183. The zero-order valence-corrected chi connectivity index (χ0v) is 12.5. The Morgan fingerprint density at radius 1 is 1.05 bits per heavy atom. The Bertz CT molecular complexity index is 613. The van der Waals surface area contributed by atoms with Crippen LogP contribution in [0.2, 0.25) is 0 Å². The van der Waals surface area contributed by atoms with Crippen molar-refractivity contribution in [3.63, 3.8) is 0 Å². The summed E-state index contributed by atoms with van der Waals surface area (Å²) in [5, 5.41) is 0. The molecule has 0 atom stereocenters. The fourth-order valence-corrected chi connectivity index (χ4v) is 3.65. The number of rotatable bonds is 2. The van der Waals surface area contributed by atoms with E-state index in [-0.39, 0.29) is 11.4 Å². The van der Waals surface area contributed by atoms with Gasteiger partial charge >= 0.3 is 0 Å². The third kappa shape index (κ3) is 2.86. The van der Waals surface area contributed by atoms with Crippen molar-refractivity contribution in [2.45, 2.75) is 44.1 Å². The first-order chi connectivity index (χ1) is 10.1. The normalized spacial score (nSPS) is 25.8. The summed E-state index contributed by atoms with van der Waals surface area (Å²) in [6, 6.07) is 15.7. The van der Waals surface area contributed by atoms with Crippen LogP contribution in [0, 0.1) is 12.7 Å². The molecule has 1 aliphatic rings. The van der Waals surface area contributed by atoms with E-state index < -0.39 is 0 Å². The van der Waals surface area contributed by atoms with Crippen LogP contribution in [0.4, 0.5) is 4.39 Å². The maximum atomic E-state index is 13.3. The van der Waals surface area contributed by atoms with E-state index >= 15 is 0 Å². The Morgan fingerprint density at radius 2 is 1.71 bits per heavy atom. The van der Waals surface area contributed by atoms with Crippen molar-refractivity contribution in [1.29, 1.82) is 0 Å². The van der Waals surface area contributed by atoms with Gasteiger partial charge in [-0.3, -0.25) is 0 Å². The van der Waals surface area contributed by atoms with E-state index in [1.807, 2.05) is 13.0 Å². The molecule has 2 aromatic rings. The smallest absolute Gasteiger partial charge is 0.123 e. The summed E-state index contributed by atoms with van der Waals surface area (Å²) in [7, 11) is 0. The molecular formula is C19H22FN. The molecule has 2 heteroatoms. The van der Waals surface area contributed by atoms with E-state index in [4.69, 9.17) is 5.73 Å². The fourth-order valence-electron chi connectivity index (χ4n) is 3.65. The van der Waals surface area contributed by atoms with E-state index in [0.717, 1.165) is 36.8 Å². The predicted molar refractivity (Wildman–Crippen MR) is 84.7 cm³/mol. The van der Waals surface area contributed by atoms with Gasteiger partial charge in [0.1, 0.15) is 5.82 Å². The van der Waals surface area contributed by atoms with Gasteiger partial charge in [0.25, 0.3) is 0 Å². The molecule has 0 aromatic heterocycles. The molecule has 0 unspecified atom stereocenters. The lowest BCUT2D eigenvalue weighted by atomic mass is 9.71. The summed E-state index contributed by atoms with van der Waals surface area (Å²) in [5.74, 6) is 0.418. The number of aryl methyl sites for hydroxylation is 1. The van der Waals surface area contributed by atoms with Crippen LogP contribution in [-0.4, -0.2) is 0 Å². The standard InChI is InChI=1S/C19H22FN/c1-14-13-17(20)7-8-18(14)19(21)11-9-16(10-12-19)15-5-3-2-4-6-15/h2-8,13,16H,9-12,21H2,1H3. The molecule has 0 bridgehead atoms. The summed E-state index contributed by atoms with van der Waals surface area (Å²) in [5.41, 5.74) is 9.83. The number of hydrogen-bond donors (Lipinski definition) is 1. The highest BCUT2D eigenvalue weighted by atomic mass is 19.1. The molecule has 0 heterocycles. The van der Waals surface area contributed by atoms with E-state index in [1.165, 1.54) is 11.6 Å². The molecule has 0 aliphatic heterocycles. The highest BCUT2D eigenvalue weighted by Gasteiger charge is 2.34. The quantitative estimate of drug-likeness (QED) is 0.853. The van der Waals surface area contributed by atoms with Crippen molar-refractivity contribution in [3.8, 4) is 0 Å². The maximum Gasteiger partial charge on any atom is 0.123 e. The lowest BCUT2D eigenvalue weighted by Gasteiger charge is -2.38. The molecule has 1 saturated carbocycles. The van der Waals surface area contributed by atoms with Crippen molar-refractivity contribution in [3.05, 3.63) is 71.0 Å². The van der Waals surface area contributed by atoms with E-state index in [0.29, 0.717) is 5.92 Å². The molecule has 1 fully saturated rings. The Kier molecular flexibility index (Phi) is 3.81. The fraction of sp³-hybridized carbons (Fsp3) is 0.368. The monoisotopic (exact) mass is 283 g/mol. The molecule has 2 N–H and O–H groups in total. The molecule has 1 nitrogen and oxygen atoms in total. The highest BCUT2D eigenvalue weighted by molar-refractivity contribution is 5.34. The van der Waals surface area contributed by atoms with Crippen molar-refractivity contribution in [2.24, 2.45) is 5.73 Å². The summed E-state index contributed by atoms with van der Waals surface area (Å²) >= 11 is 0. The van der Waals surface area contributed by atoms with Crippen LogP contribution in [0.1, 0.15) is 48.3 Å². The van der Waals surface area contributed by atoms with E-state index in [1.54, 1.807) is 6.07 Å². The van der Waals surface area contributed by atoms with Gasteiger partial charge < -0.3 is 5.73 Å². The minimum Gasteiger partial charge on any atom is -0.321 e. The first-order valence-corrected chi connectivity index (χ1v) is 7.69. The van der Waals surface area contributed by atoms with Gasteiger partial charge in [-0.05, 0) is 67.3 Å². The average Bonchev–Trinajstić information content (AvgIpc) is 2.48. The van der Waals surface area contributed by atoms with Crippen molar-refractivity contribution >= 4 is 0 Å². The van der Waals surface area contributed by atoms with Gasteiger partial charge in [-0.15, -0.1) is 0 Å². The number of hydrogen-bond acceptors (Lipinski definition) is 1. The van der Waals surface area contributed by atoms with Gasteiger partial charge in [0, 0.05) is 5.54 Å². The molecule has 21 heavy (non-hydrogen) atoms. The summed E-state index contributed by atoms with van der Waals surface area (Å²) < 4.78 is 13.3. The van der Waals surface area contributed by atoms with E-state index in [2.05, 4.69) is 30.3 Å². The molecule has 110 valence electrons. The van der Waals surface area contributed by atoms with Crippen LogP contribution in [0.25, 0.3) is 0 Å². The SMILES string of the molecule is Cc1cc(F)ccc1C1(N)CCC(c2ccccc2)CC1. The topological polar surface area (TPSA) is 26.0 Å². The van der Waals surface area contributed by atoms with Gasteiger partial charge in [-0.1, -0.05) is 36.4 Å². The second kappa shape index (κ2) is 5.61. The van der Waals surface area contributed by atoms with Crippen LogP contribution in [0.5, 0.6) is 0 Å². The molecule has 0 spiro atoms. The Morgan fingerprint density at radius 3 is 2.33 bits per heavy atom. The summed E-state index contributed by atoms with van der Waals surface area (Å²) in [6.45, 7) is 1.95. The first kappa shape index (κ1) is 14.3. The van der Waals surface area contributed by atoms with Crippen LogP contribution < -0.4 is 5.73 Å². The Labute approximate surface area is 126 Å². The molecule has 0 radical (unpaired) electrons. The second-order valence-electron chi connectivity index (χ2n) is 6.30.